The molecule has 1 saturated carbocycles. The van der Waals surface area contributed by atoms with Gasteiger partial charge in [-0.1, -0.05) is 32.1 Å². The molecule has 4 heteroatoms. The Hall–Kier alpha value is -1.37. The number of esters is 2. The minimum absolute atomic E-state index is 0.375. The summed E-state index contributed by atoms with van der Waals surface area (Å²) in [4.78, 5) is 20.2. The van der Waals surface area contributed by atoms with Gasteiger partial charge in [0.1, 0.15) is 6.42 Å². The SMILES string of the molecule is C1CCCC1.CC(=O)OC(=O)CC#N. The van der Waals surface area contributed by atoms with Crippen LogP contribution in [-0.2, 0) is 14.3 Å². The van der Waals surface area contributed by atoms with Gasteiger partial charge in [0.25, 0.3) is 0 Å². The van der Waals surface area contributed by atoms with Gasteiger partial charge in [0.15, 0.2) is 0 Å². The van der Waals surface area contributed by atoms with E-state index < -0.39 is 11.9 Å². The van der Waals surface area contributed by atoms with Crippen LogP contribution in [0.15, 0.2) is 0 Å². The van der Waals surface area contributed by atoms with Gasteiger partial charge in [0.2, 0.25) is 0 Å². The van der Waals surface area contributed by atoms with Crippen LogP contribution >= 0.6 is 0 Å². The molecule has 0 radical (unpaired) electrons. The number of nitrogens with zero attached hydrogens (tertiary/aromatic N) is 1. The second-order valence-corrected chi connectivity index (χ2v) is 3.07. The number of nitriles is 1. The van der Waals surface area contributed by atoms with Gasteiger partial charge in [-0.05, 0) is 0 Å². The maximum Gasteiger partial charge on any atom is 0.327 e. The number of hydrogen-bond donors (Lipinski definition) is 0. The lowest BCUT2D eigenvalue weighted by Gasteiger charge is -1.90. The molecule has 0 aromatic rings. The third-order valence-electron chi connectivity index (χ3n) is 1.73. The van der Waals surface area contributed by atoms with Crippen LogP contribution in [0.25, 0.3) is 0 Å². The van der Waals surface area contributed by atoms with E-state index in [-0.39, 0.29) is 6.42 Å². The minimum Gasteiger partial charge on any atom is -0.393 e. The van der Waals surface area contributed by atoms with Crippen molar-refractivity contribution in [1.82, 2.24) is 0 Å². The summed E-state index contributed by atoms with van der Waals surface area (Å²) in [6.07, 6.45) is 7.12. The third kappa shape index (κ3) is 8.72. The van der Waals surface area contributed by atoms with Gasteiger partial charge < -0.3 is 4.74 Å². The second-order valence-electron chi connectivity index (χ2n) is 3.07. The average Bonchev–Trinajstić information content (AvgIpc) is 2.59. The summed E-state index contributed by atoms with van der Waals surface area (Å²) in [5, 5.41) is 7.89. The fourth-order valence-electron chi connectivity index (χ4n) is 1.14. The van der Waals surface area contributed by atoms with Crippen molar-refractivity contribution in [3.8, 4) is 6.07 Å². The number of ether oxygens (including phenoxy) is 1. The molecule has 14 heavy (non-hydrogen) atoms. The molecule has 0 aromatic heterocycles. The molecule has 0 saturated heterocycles. The molecular weight excluding hydrogens is 182 g/mol. The fraction of sp³-hybridized carbons (Fsp3) is 0.700. The molecule has 1 rings (SSSR count). The molecule has 0 bridgehead atoms. The number of rotatable bonds is 1. The molecule has 0 aliphatic heterocycles. The zero-order valence-corrected chi connectivity index (χ0v) is 8.41. The fourth-order valence-corrected chi connectivity index (χ4v) is 1.14. The molecule has 78 valence electrons. The van der Waals surface area contributed by atoms with Crippen molar-refractivity contribution in [2.45, 2.75) is 45.4 Å². The topological polar surface area (TPSA) is 67.2 Å². The lowest BCUT2D eigenvalue weighted by molar-refractivity contribution is -0.157. The van der Waals surface area contributed by atoms with Gasteiger partial charge in [0, 0.05) is 6.92 Å². The zero-order chi connectivity index (χ0) is 10.8. The van der Waals surface area contributed by atoms with E-state index in [9.17, 15) is 9.59 Å². The molecule has 1 aliphatic carbocycles. The Morgan fingerprint density at radius 3 is 1.93 bits per heavy atom. The Kier molecular flexibility index (Phi) is 7.43. The van der Waals surface area contributed by atoms with Gasteiger partial charge in [0.05, 0.1) is 6.07 Å². The van der Waals surface area contributed by atoms with E-state index >= 15 is 0 Å². The highest BCUT2D eigenvalue weighted by molar-refractivity contribution is 5.85. The van der Waals surface area contributed by atoms with Crippen molar-refractivity contribution in [2.75, 3.05) is 0 Å². The highest BCUT2D eigenvalue weighted by Gasteiger charge is 2.02. The van der Waals surface area contributed by atoms with E-state index in [1.165, 1.54) is 32.1 Å². The second kappa shape index (κ2) is 8.24. The summed E-state index contributed by atoms with van der Waals surface area (Å²) >= 11 is 0. The number of carbonyl (C=O) groups excluding carboxylic acids is 2. The first-order valence-electron chi connectivity index (χ1n) is 4.75. The summed E-state index contributed by atoms with van der Waals surface area (Å²) in [6, 6.07) is 1.55. The highest BCUT2D eigenvalue weighted by Crippen LogP contribution is 2.15. The molecule has 0 atom stereocenters. The van der Waals surface area contributed by atoms with Crippen LogP contribution in [0.4, 0.5) is 0 Å². The van der Waals surface area contributed by atoms with E-state index in [0.29, 0.717) is 0 Å². The molecule has 0 N–H and O–H groups in total. The molecule has 1 aliphatic rings. The zero-order valence-electron chi connectivity index (χ0n) is 8.41. The first-order valence-corrected chi connectivity index (χ1v) is 4.75. The molecule has 1 fully saturated rings. The Bertz CT molecular complexity index is 218. The first kappa shape index (κ1) is 12.6. The molecule has 0 aromatic carbocycles. The summed E-state index contributed by atoms with van der Waals surface area (Å²) in [7, 11) is 0. The predicted octanol–water partition coefficient (Wildman–Crippen LogP) is 1.94. The lowest BCUT2D eigenvalue weighted by atomic mass is 10.4. The van der Waals surface area contributed by atoms with Crippen LogP contribution in [0.2, 0.25) is 0 Å². The number of hydrogen-bond acceptors (Lipinski definition) is 4. The van der Waals surface area contributed by atoms with Crippen LogP contribution in [-0.4, -0.2) is 11.9 Å². The van der Waals surface area contributed by atoms with E-state index in [4.69, 9.17) is 5.26 Å². The van der Waals surface area contributed by atoms with Gasteiger partial charge >= 0.3 is 11.9 Å². The molecule has 0 amide bonds. The van der Waals surface area contributed by atoms with Gasteiger partial charge in [-0.25, -0.2) is 0 Å². The summed E-state index contributed by atoms with van der Waals surface area (Å²) in [5.41, 5.74) is 0. The summed E-state index contributed by atoms with van der Waals surface area (Å²) < 4.78 is 3.99. The standard InChI is InChI=1S/C5H5NO3.C5H10/c1-4(7)9-5(8)2-3-6;1-2-4-5-3-1/h2H2,1H3;1-5H2. The van der Waals surface area contributed by atoms with Crippen molar-refractivity contribution in [1.29, 1.82) is 5.26 Å². The Morgan fingerprint density at radius 1 is 1.21 bits per heavy atom. The summed E-state index contributed by atoms with van der Waals surface area (Å²) in [5.74, 6) is -1.49. The van der Waals surface area contributed by atoms with Crippen LogP contribution in [0, 0.1) is 11.3 Å². The maximum atomic E-state index is 10.2. The van der Waals surface area contributed by atoms with Crippen LogP contribution < -0.4 is 0 Å². The van der Waals surface area contributed by atoms with E-state index in [1.807, 2.05) is 0 Å². The van der Waals surface area contributed by atoms with Crippen LogP contribution in [0.1, 0.15) is 45.4 Å². The molecule has 0 unspecified atom stereocenters. The van der Waals surface area contributed by atoms with Crippen molar-refractivity contribution < 1.29 is 14.3 Å². The van der Waals surface area contributed by atoms with Crippen molar-refractivity contribution >= 4 is 11.9 Å². The van der Waals surface area contributed by atoms with Gasteiger partial charge in [-0.2, -0.15) is 5.26 Å². The highest BCUT2D eigenvalue weighted by atomic mass is 16.6. The monoisotopic (exact) mass is 197 g/mol. The van der Waals surface area contributed by atoms with E-state index in [1.54, 1.807) is 6.07 Å². The largest absolute Gasteiger partial charge is 0.393 e. The Balaban J connectivity index is 0.000000280. The smallest absolute Gasteiger partial charge is 0.327 e. The van der Waals surface area contributed by atoms with Crippen molar-refractivity contribution in [2.24, 2.45) is 0 Å². The van der Waals surface area contributed by atoms with Crippen LogP contribution in [0.5, 0.6) is 0 Å². The van der Waals surface area contributed by atoms with Gasteiger partial charge in [-0.15, -0.1) is 0 Å². The minimum atomic E-state index is -0.801. The van der Waals surface area contributed by atoms with Gasteiger partial charge in [-0.3, -0.25) is 9.59 Å². The Labute approximate surface area is 83.9 Å². The molecule has 4 nitrogen and oxygen atoms in total. The Morgan fingerprint density at radius 2 is 1.64 bits per heavy atom. The number of carbonyl (C=O) groups is 2. The molecule has 0 spiro atoms. The van der Waals surface area contributed by atoms with Crippen LogP contribution in [0.3, 0.4) is 0 Å². The van der Waals surface area contributed by atoms with Crippen molar-refractivity contribution in [3.63, 3.8) is 0 Å². The maximum absolute atomic E-state index is 10.2. The summed E-state index contributed by atoms with van der Waals surface area (Å²) in [6.45, 7) is 1.11. The molecule has 0 heterocycles. The van der Waals surface area contributed by atoms with Crippen molar-refractivity contribution in [3.05, 3.63) is 0 Å². The lowest BCUT2D eigenvalue weighted by Crippen LogP contribution is -2.07. The average molecular weight is 197 g/mol. The van der Waals surface area contributed by atoms with E-state index in [0.717, 1.165) is 6.92 Å². The third-order valence-corrected chi connectivity index (χ3v) is 1.73. The quantitative estimate of drug-likeness (QED) is 0.476. The predicted molar refractivity (Wildman–Crippen MR) is 50.1 cm³/mol. The molecular formula is C10H15NO3. The van der Waals surface area contributed by atoms with E-state index in [2.05, 4.69) is 4.74 Å². The first-order chi connectivity index (χ1) is 6.66. The normalized spacial score (nSPS) is 13.4.